The minimum Gasteiger partial charge on any atom is -0.347 e. The number of aromatic nitrogens is 3. The van der Waals surface area contributed by atoms with Crippen molar-refractivity contribution in [1.82, 2.24) is 25.0 Å². The smallest absolute Gasteiger partial charge is 0.251 e. The molecule has 1 aromatic carbocycles. The molecule has 2 aromatic rings. The summed E-state index contributed by atoms with van der Waals surface area (Å²) in [6.07, 6.45) is 2.81. The Hall–Kier alpha value is -2.70. The van der Waals surface area contributed by atoms with E-state index in [0.29, 0.717) is 18.5 Å². The molecule has 1 aromatic heterocycles. The van der Waals surface area contributed by atoms with Gasteiger partial charge in [0, 0.05) is 36.7 Å². The predicted octanol–water partition coefficient (Wildman–Crippen LogP) is 2.27. The number of hydrogen-bond donors (Lipinski definition) is 1. The van der Waals surface area contributed by atoms with E-state index in [4.69, 9.17) is 0 Å². The van der Waals surface area contributed by atoms with Crippen molar-refractivity contribution in [2.24, 2.45) is 0 Å². The van der Waals surface area contributed by atoms with E-state index in [1.54, 1.807) is 6.07 Å². The number of likely N-dealkylation sites (tertiary alicyclic amines) is 1. The molecule has 1 aliphatic heterocycles. The van der Waals surface area contributed by atoms with Gasteiger partial charge in [0.2, 0.25) is 5.91 Å². The molecule has 7 heteroatoms. The standard InChI is InChI=1S/C19H25N5O2/c1-4-8-23-11-16(10-17(23)25)22-19(26)15-7-5-6-14(9-15)18-20-12-21-24(18)13(2)3/h5-7,9,12-13,16H,4,8,10-11H2,1-3H3,(H,22,26). The van der Waals surface area contributed by atoms with Gasteiger partial charge in [0.05, 0.1) is 6.04 Å². The quantitative estimate of drug-likeness (QED) is 0.862. The Bertz CT molecular complexity index is 799. The van der Waals surface area contributed by atoms with E-state index in [9.17, 15) is 9.59 Å². The predicted molar refractivity (Wildman–Crippen MR) is 98.6 cm³/mol. The van der Waals surface area contributed by atoms with Crippen molar-refractivity contribution < 1.29 is 9.59 Å². The van der Waals surface area contributed by atoms with Crippen LogP contribution in [0.15, 0.2) is 30.6 Å². The molecule has 2 amide bonds. The van der Waals surface area contributed by atoms with E-state index in [0.717, 1.165) is 24.4 Å². The minimum absolute atomic E-state index is 0.107. The summed E-state index contributed by atoms with van der Waals surface area (Å²) in [5.41, 5.74) is 1.40. The fraction of sp³-hybridized carbons (Fsp3) is 0.474. The zero-order valence-electron chi connectivity index (χ0n) is 15.5. The Labute approximate surface area is 153 Å². The molecule has 1 atom stereocenters. The Morgan fingerprint density at radius 1 is 1.38 bits per heavy atom. The third-order valence-corrected chi connectivity index (χ3v) is 4.49. The van der Waals surface area contributed by atoms with Crippen LogP contribution >= 0.6 is 0 Å². The van der Waals surface area contributed by atoms with Gasteiger partial charge >= 0.3 is 0 Å². The van der Waals surface area contributed by atoms with Gasteiger partial charge in [-0.15, -0.1) is 0 Å². The Balaban J connectivity index is 1.73. The van der Waals surface area contributed by atoms with Crippen LogP contribution in [0, 0.1) is 0 Å². The van der Waals surface area contributed by atoms with Crippen molar-refractivity contribution in [3.05, 3.63) is 36.2 Å². The molecule has 1 unspecified atom stereocenters. The molecule has 0 radical (unpaired) electrons. The van der Waals surface area contributed by atoms with Gasteiger partial charge in [-0.05, 0) is 32.4 Å². The average molecular weight is 355 g/mol. The molecule has 1 N–H and O–H groups in total. The maximum absolute atomic E-state index is 12.6. The molecule has 1 saturated heterocycles. The summed E-state index contributed by atoms with van der Waals surface area (Å²) in [6.45, 7) is 7.44. The van der Waals surface area contributed by atoms with Crippen LogP contribution in [-0.2, 0) is 4.79 Å². The van der Waals surface area contributed by atoms with E-state index in [-0.39, 0.29) is 23.9 Å². The summed E-state index contributed by atoms with van der Waals surface area (Å²) in [5.74, 6) is 0.675. The molecule has 1 fully saturated rings. The van der Waals surface area contributed by atoms with Gasteiger partial charge in [0.1, 0.15) is 6.33 Å². The molecule has 26 heavy (non-hydrogen) atoms. The molecular formula is C19H25N5O2. The maximum atomic E-state index is 12.6. The molecule has 7 nitrogen and oxygen atoms in total. The number of benzene rings is 1. The third-order valence-electron chi connectivity index (χ3n) is 4.49. The summed E-state index contributed by atoms with van der Waals surface area (Å²) in [6, 6.07) is 7.40. The van der Waals surface area contributed by atoms with Crippen LogP contribution in [0.25, 0.3) is 11.4 Å². The lowest BCUT2D eigenvalue weighted by Gasteiger charge is -2.16. The first-order chi connectivity index (χ1) is 12.5. The molecule has 0 bridgehead atoms. The molecule has 0 saturated carbocycles. The van der Waals surface area contributed by atoms with E-state index < -0.39 is 0 Å². The zero-order chi connectivity index (χ0) is 18.7. The third kappa shape index (κ3) is 3.76. The van der Waals surface area contributed by atoms with Crippen molar-refractivity contribution in [2.45, 2.75) is 45.7 Å². The van der Waals surface area contributed by atoms with Crippen molar-refractivity contribution in [3.8, 4) is 11.4 Å². The van der Waals surface area contributed by atoms with Crippen LogP contribution in [0.2, 0.25) is 0 Å². The molecule has 3 rings (SSSR count). The summed E-state index contributed by atoms with van der Waals surface area (Å²) < 4.78 is 1.83. The molecule has 2 heterocycles. The molecule has 138 valence electrons. The number of rotatable bonds is 6. The Kier molecular flexibility index (Phi) is 5.35. The number of carbonyl (C=O) groups excluding carboxylic acids is 2. The minimum atomic E-state index is -0.168. The van der Waals surface area contributed by atoms with Gasteiger partial charge in [-0.3, -0.25) is 9.59 Å². The summed E-state index contributed by atoms with van der Waals surface area (Å²) in [5, 5.41) is 7.23. The number of nitrogens with one attached hydrogen (secondary N) is 1. The molecule has 1 aliphatic rings. The van der Waals surface area contributed by atoms with Crippen molar-refractivity contribution in [1.29, 1.82) is 0 Å². The molecule has 0 aliphatic carbocycles. The van der Waals surface area contributed by atoms with Crippen molar-refractivity contribution in [2.75, 3.05) is 13.1 Å². The SMILES string of the molecule is CCCN1CC(NC(=O)c2cccc(-c3ncnn3C(C)C)c2)CC1=O. The topological polar surface area (TPSA) is 80.1 Å². The van der Waals surface area contributed by atoms with Gasteiger partial charge in [-0.2, -0.15) is 5.10 Å². The highest BCUT2D eigenvalue weighted by molar-refractivity contribution is 5.96. The highest BCUT2D eigenvalue weighted by atomic mass is 16.2. The molecule has 0 spiro atoms. The lowest BCUT2D eigenvalue weighted by atomic mass is 10.1. The summed E-state index contributed by atoms with van der Waals surface area (Å²) in [4.78, 5) is 30.7. The second kappa shape index (κ2) is 7.68. The first-order valence-corrected chi connectivity index (χ1v) is 9.08. The second-order valence-corrected chi connectivity index (χ2v) is 6.92. The van der Waals surface area contributed by atoms with E-state index in [1.807, 2.05) is 48.6 Å². The van der Waals surface area contributed by atoms with Gasteiger partial charge in [0.25, 0.3) is 5.91 Å². The largest absolute Gasteiger partial charge is 0.347 e. The van der Waals surface area contributed by atoms with Gasteiger partial charge in [-0.1, -0.05) is 19.1 Å². The Morgan fingerprint density at radius 3 is 2.92 bits per heavy atom. The number of nitrogens with zero attached hydrogens (tertiary/aromatic N) is 4. The highest BCUT2D eigenvalue weighted by Gasteiger charge is 2.30. The van der Waals surface area contributed by atoms with Crippen LogP contribution in [0.5, 0.6) is 0 Å². The van der Waals surface area contributed by atoms with Crippen LogP contribution in [0.4, 0.5) is 0 Å². The normalized spacial score (nSPS) is 17.2. The second-order valence-electron chi connectivity index (χ2n) is 6.92. The summed E-state index contributed by atoms with van der Waals surface area (Å²) in [7, 11) is 0. The number of amides is 2. The van der Waals surface area contributed by atoms with Crippen LogP contribution < -0.4 is 5.32 Å². The fourth-order valence-corrected chi connectivity index (χ4v) is 3.26. The number of hydrogen-bond acceptors (Lipinski definition) is 4. The van der Waals surface area contributed by atoms with E-state index in [1.165, 1.54) is 6.33 Å². The first kappa shape index (κ1) is 18.1. The average Bonchev–Trinajstić information content (AvgIpc) is 3.23. The lowest BCUT2D eigenvalue weighted by Crippen LogP contribution is -2.37. The fourth-order valence-electron chi connectivity index (χ4n) is 3.26. The highest BCUT2D eigenvalue weighted by Crippen LogP contribution is 2.21. The van der Waals surface area contributed by atoms with Crippen molar-refractivity contribution in [3.63, 3.8) is 0 Å². The maximum Gasteiger partial charge on any atom is 0.251 e. The first-order valence-electron chi connectivity index (χ1n) is 9.08. The summed E-state index contributed by atoms with van der Waals surface area (Å²) >= 11 is 0. The van der Waals surface area contributed by atoms with Crippen LogP contribution in [0.1, 0.15) is 50.0 Å². The zero-order valence-corrected chi connectivity index (χ0v) is 15.5. The van der Waals surface area contributed by atoms with Gasteiger partial charge < -0.3 is 10.2 Å². The van der Waals surface area contributed by atoms with Crippen LogP contribution in [0.3, 0.4) is 0 Å². The van der Waals surface area contributed by atoms with E-state index >= 15 is 0 Å². The molecular weight excluding hydrogens is 330 g/mol. The van der Waals surface area contributed by atoms with E-state index in [2.05, 4.69) is 15.4 Å². The van der Waals surface area contributed by atoms with Gasteiger partial charge in [0.15, 0.2) is 5.82 Å². The Morgan fingerprint density at radius 2 is 2.19 bits per heavy atom. The van der Waals surface area contributed by atoms with Crippen LogP contribution in [-0.4, -0.2) is 50.6 Å². The monoisotopic (exact) mass is 355 g/mol. The lowest BCUT2D eigenvalue weighted by molar-refractivity contribution is -0.127. The number of carbonyl (C=O) groups is 2. The van der Waals surface area contributed by atoms with Gasteiger partial charge in [-0.25, -0.2) is 9.67 Å². The van der Waals surface area contributed by atoms with Crippen molar-refractivity contribution >= 4 is 11.8 Å².